The molecule has 2 aromatic rings. The molecular formula is C13H13N3O4. The van der Waals surface area contributed by atoms with Gasteiger partial charge >= 0.3 is 0 Å². The predicted octanol–water partition coefficient (Wildman–Crippen LogP) is 2.16. The van der Waals surface area contributed by atoms with Crippen LogP contribution in [-0.4, -0.2) is 17.9 Å². The van der Waals surface area contributed by atoms with Gasteiger partial charge in [0.2, 0.25) is 0 Å². The second-order valence-corrected chi connectivity index (χ2v) is 4.02. The van der Waals surface area contributed by atoms with Crippen LogP contribution in [0.2, 0.25) is 0 Å². The number of rotatable bonds is 5. The van der Waals surface area contributed by atoms with Gasteiger partial charge in [-0.1, -0.05) is 6.07 Å². The van der Waals surface area contributed by atoms with Crippen molar-refractivity contribution in [1.82, 2.24) is 5.32 Å². The van der Waals surface area contributed by atoms with Crippen LogP contribution < -0.4 is 10.6 Å². The number of benzene rings is 1. The summed E-state index contributed by atoms with van der Waals surface area (Å²) < 4.78 is 4.90. The van der Waals surface area contributed by atoms with Crippen LogP contribution in [0.4, 0.5) is 11.4 Å². The Hall–Kier alpha value is -2.83. The molecule has 2 rings (SSSR count). The lowest BCUT2D eigenvalue weighted by Gasteiger charge is -2.09. The molecule has 0 unspecified atom stereocenters. The molecule has 0 radical (unpaired) electrons. The highest BCUT2D eigenvalue weighted by Crippen LogP contribution is 2.27. The quantitative estimate of drug-likeness (QED) is 0.643. The number of nitrogens with zero attached hydrogens (tertiary/aromatic N) is 1. The lowest BCUT2D eigenvalue weighted by atomic mass is 10.1. The van der Waals surface area contributed by atoms with Crippen LogP contribution in [0.5, 0.6) is 0 Å². The molecule has 7 heteroatoms. The summed E-state index contributed by atoms with van der Waals surface area (Å²) in [6.45, 7) is 0.293. The molecule has 0 aliphatic heterocycles. The minimum Gasteiger partial charge on any atom is -0.472 e. The summed E-state index contributed by atoms with van der Waals surface area (Å²) in [5.41, 5.74) is 1.10. The first kappa shape index (κ1) is 13.6. The first-order valence-electron chi connectivity index (χ1n) is 5.88. The molecule has 1 heterocycles. The van der Waals surface area contributed by atoms with Crippen molar-refractivity contribution < 1.29 is 14.1 Å². The maximum atomic E-state index is 12.1. The summed E-state index contributed by atoms with van der Waals surface area (Å²) in [5.74, 6) is -0.390. The van der Waals surface area contributed by atoms with E-state index >= 15 is 0 Å². The Bertz CT molecular complexity index is 623. The molecule has 20 heavy (non-hydrogen) atoms. The zero-order chi connectivity index (χ0) is 14.5. The third-order valence-corrected chi connectivity index (χ3v) is 2.77. The zero-order valence-electron chi connectivity index (χ0n) is 10.8. The van der Waals surface area contributed by atoms with Crippen molar-refractivity contribution >= 4 is 17.3 Å². The predicted molar refractivity (Wildman–Crippen MR) is 72.5 cm³/mol. The van der Waals surface area contributed by atoms with Crippen LogP contribution in [0.1, 0.15) is 15.9 Å². The van der Waals surface area contributed by atoms with E-state index in [1.165, 1.54) is 37.8 Å². The summed E-state index contributed by atoms with van der Waals surface area (Å²) in [6, 6.07) is 6.08. The van der Waals surface area contributed by atoms with Gasteiger partial charge in [0.25, 0.3) is 11.6 Å². The topological polar surface area (TPSA) is 97.4 Å². The van der Waals surface area contributed by atoms with Gasteiger partial charge in [-0.25, -0.2) is 0 Å². The van der Waals surface area contributed by atoms with Crippen molar-refractivity contribution in [1.29, 1.82) is 0 Å². The molecule has 1 amide bonds. The zero-order valence-corrected chi connectivity index (χ0v) is 10.8. The summed E-state index contributed by atoms with van der Waals surface area (Å²) in [5, 5.41) is 16.3. The van der Waals surface area contributed by atoms with Crippen LogP contribution in [0.15, 0.2) is 41.2 Å². The van der Waals surface area contributed by atoms with Gasteiger partial charge in [-0.05, 0) is 12.1 Å². The van der Waals surface area contributed by atoms with Gasteiger partial charge in [0.15, 0.2) is 0 Å². The van der Waals surface area contributed by atoms with Gasteiger partial charge in [-0.15, -0.1) is 0 Å². The van der Waals surface area contributed by atoms with Gasteiger partial charge < -0.3 is 15.1 Å². The third kappa shape index (κ3) is 2.77. The van der Waals surface area contributed by atoms with Gasteiger partial charge in [-0.3, -0.25) is 14.9 Å². The highest BCUT2D eigenvalue weighted by atomic mass is 16.6. The normalized spacial score (nSPS) is 10.1. The molecule has 104 valence electrons. The number of nitro groups is 1. The van der Waals surface area contributed by atoms with Gasteiger partial charge in [0.05, 0.1) is 23.0 Å². The van der Waals surface area contributed by atoms with E-state index in [9.17, 15) is 14.9 Å². The monoisotopic (exact) mass is 275 g/mol. The molecule has 0 spiro atoms. The molecule has 0 saturated carbocycles. The summed E-state index contributed by atoms with van der Waals surface area (Å²) in [6.07, 6.45) is 3.03. The molecule has 1 aromatic carbocycles. The number of hydrogen-bond donors (Lipinski definition) is 2. The van der Waals surface area contributed by atoms with E-state index in [4.69, 9.17) is 4.42 Å². The maximum Gasteiger partial charge on any atom is 0.293 e. The van der Waals surface area contributed by atoms with Crippen molar-refractivity contribution in [3.63, 3.8) is 0 Å². The molecule has 2 N–H and O–H groups in total. The second-order valence-electron chi connectivity index (χ2n) is 4.02. The molecule has 1 aromatic heterocycles. The van der Waals surface area contributed by atoms with Crippen LogP contribution >= 0.6 is 0 Å². The Morgan fingerprint density at radius 1 is 1.40 bits per heavy atom. The van der Waals surface area contributed by atoms with E-state index in [-0.39, 0.29) is 22.8 Å². The van der Waals surface area contributed by atoms with E-state index in [1.54, 1.807) is 6.07 Å². The van der Waals surface area contributed by atoms with Crippen LogP contribution in [-0.2, 0) is 6.54 Å². The molecule has 0 fully saturated rings. The second kappa shape index (κ2) is 5.87. The third-order valence-electron chi connectivity index (χ3n) is 2.77. The van der Waals surface area contributed by atoms with Gasteiger partial charge in [-0.2, -0.15) is 0 Å². The highest BCUT2D eigenvalue weighted by Gasteiger charge is 2.20. The Kier molecular flexibility index (Phi) is 3.99. The Labute approximate surface area is 114 Å². The van der Waals surface area contributed by atoms with Crippen molar-refractivity contribution in [3.05, 3.63) is 58.0 Å². The van der Waals surface area contributed by atoms with Gasteiger partial charge in [0, 0.05) is 25.2 Å². The fraction of sp³-hybridized carbons (Fsp3) is 0.154. The number of carbonyl (C=O) groups excluding carboxylic acids is 1. The number of carbonyl (C=O) groups is 1. The Morgan fingerprint density at radius 3 is 2.80 bits per heavy atom. The number of hydrogen-bond acceptors (Lipinski definition) is 5. The Balaban J connectivity index is 2.21. The smallest absolute Gasteiger partial charge is 0.293 e. The average molecular weight is 275 g/mol. The van der Waals surface area contributed by atoms with Crippen molar-refractivity contribution in [2.75, 3.05) is 12.4 Å². The number of nitrogens with one attached hydrogen (secondary N) is 2. The largest absolute Gasteiger partial charge is 0.472 e. The standard InChI is InChI=1S/C13H13N3O4/c1-14-12-10(3-2-4-11(12)16(18)19)13(17)15-7-9-5-6-20-8-9/h2-6,8,14H,7H2,1H3,(H,15,17). The first-order valence-corrected chi connectivity index (χ1v) is 5.88. The number of anilines is 1. The fourth-order valence-corrected chi connectivity index (χ4v) is 1.82. The minimum absolute atomic E-state index is 0.136. The van der Waals surface area contributed by atoms with E-state index in [0.29, 0.717) is 6.54 Å². The van der Waals surface area contributed by atoms with Crippen LogP contribution in [0, 0.1) is 10.1 Å². The average Bonchev–Trinajstić information content (AvgIpc) is 2.97. The summed E-state index contributed by atoms with van der Waals surface area (Å²) in [4.78, 5) is 22.5. The Morgan fingerprint density at radius 2 is 2.20 bits per heavy atom. The molecule has 0 aliphatic carbocycles. The van der Waals surface area contributed by atoms with Crippen molar-refractivity contribution in [3.8, 4) is 0 Å². The fourth-order valence-electron chi connectivity index (χ4n) is 1.82. The molecule has 7 nitrogen and oxygen atoms in total. The lowest BCUT2D eigenvalue weighted by molar-refractivity contribution is -0.384. The van der Waals surface area contributed by atoms with Crippen molar-refractivity contribution in [2.24, 2.45) is 0 Å². The maximum absolute atomic E-state index is 12.1. The van der Waals surface area contributed by atoms with E-state index in [1.807, 2.05) is 0 Å². The van der Waals surface area contributed by atoms with Gasteiger partial charge in [0.1, 0.15) is 5.69 Å². The molecule has 0 bridgehead atoms. The molecule has 0 aliphatic rings. The van der Waals surface area contributed by atoms with E-state index in [0.717, 1.165) is 5.56 Å². The van der Waals surface area contributed by atoms with E-state index in [2.05, 4.69) is 10.6 Å². The highest BCUT2D eigenvalue weighted by molar-refractivity contribution is 6.01. The van der Waals surface area contributed by atoms with Crippen LogP contribution in [0.25, 0.3) is 0 Å². The molecule has 0 atom stereocenters. The SMILES string of the molecule is CNc1c(C(=O)NCc2ccoc2)cccc1[N+](=O)[O-]. The minimum atomic E-state index is -0.529. The summed E-state index contributed by atoms with van der Waals surface area (Å²) >= 11 is 0. The van der Waals surface area contributed by atoms with Crippen LogP contribution in [0.3, 0.4) is 0 Å². The van der Waals surface area contributed by atoms with E-state index < -0.39 is 4.92 Å². The summed E-state index contributed by atoms with van der Waals surface area (Å²) in [7, 11) is 1.54. The molecule has 0 saturated heterocycles. The number of furan rings is 1. The molecular weight excluding hydrogens is 262 g/mol. The number of nitro benzene ring substituents is 1. The first-order chi connectivity index (χ1) is 9.63. The number of amides is 1. The lowest BCUT2D eigenvalue weighted by Crippen LogP contribution is -2.23. The van der Waals surface area contributed by atoms with Crippen molar-refractivity contribution in [2.45, 2.75) is 6.54 Å². The number of para-hydroxylation sites is 1.